The molecule has 5 rings (SSSR count). The minimum atomic E-state index is -4.75. The summed E-state index contributed by atoms with van der Waals surface area (Å²) in [7, 11) is 0. The number of carboxylic acid groups (broad SMARTS) is 1. The lowest BCUT2D eigenvalue weighted by Crippen LogP contribution is -2.09. The minimum Gasteiger partial charge on any atom is -0.478 e. The van der Waals surface area contributed by atoms with E-state index in [-0.39, 0.29) is 16.6 Å². The van der Waals surface area contributed by atoms with E-state index in [4.69, 9.17) is 0 Å². The van der Waals surface area contributed by atoms with Gasteiger partial charge in [-0.15, -0.1) is 0 Å². The van der Waals surface area contributed by atoms with Gasteiger partial charge in [0.1, 0.15) is 23.0 Å². The average molecular weight is 550 g/mol. The number of fused-ring (bicyclic) bond motifs is 1. The maximum atomic E-state index is 14.5. The van der Waals surface area contributed by atoms with Gasteiger partial charge in [0.05, 0.1) is 23.4 Å². The van der Waals surface area contributed by atoms with E-state index in [1.54, 1.807) is 36.4 Å². The maximum Gasteiger partial charge on any atom is 0.418 e. The van der Waals surface area contributed by atoms with E-state index in [0.29, 0.717) is 28.8 Å². The molecule has 4 nitrogen and oxygen atoms in total. The Labute approximate surface area is 223 Å². The van der Waals surface area contributed by atoms with Crippen molar-refractivity contribution in [2.45, 2.75) is 12.7 Å². The number of halogens is 6. The second-order valence-electron chi connectivity index (χ2n) is 8.77. The average Bonchev–Trinajstić information content (AvgIpc) is 3.27. The fourth-order valence-corrected chi connectivity index (χ4v) is 4.29. The maximum absolute atomic E-state index is 14.5. The van der Waals surface area contributed by atoms with Crippen molar-refractivity contribution in [3.63, 3.8) is 0 Å². The van der Waals surface area contributed by atoms with Crippen LogP contribution < -0.4 is 0 Å². The number of carboxylic acids is 1. The fraction of sp³-hybridized carbons (Fsp3) is 0.0667. The number of hydrogen-bond acceptors (Lipinski definition) is 2. The van der Waals surface area contributed by atoms with Crippen molar-refractivity contribution >= 4 is 16.9 Å². The monoisotopic (exact) mass is 550 g/mol. The Morgan fingerprint density at radius 1 is 0.850 bits per heavy atom. The first-order valence-corrected chi connectivity index (χ1v) is 11.7. The number of aromatic carboxylic acids is 1. The van der Waals surface area contributed by atoms with Crippen LogP contribution in [0.15, 0.2) is 78.9 Å². The molecule has 40 heavy (non-hydrogen) atoms. The van der Waals surface area contributed by atoms with Gasteiger partial charge in [-0.3, -0.25) is 4.68 Å². The Morgan fingerprint density at radius 3 is 2.12 bits per heavy atom. The normalized spacial score (nSPS) is 11.3. The first kappa shape index (κ1) is 26.6. The summed E-state index contributed by atoms with van der Waals surface area (Å²) in [4.78, 5) is 11.2. The third kappa shape index (κ3) is 5.27. The third-order valence-electron chi connectivity index (χ3n) is 6.09. The van der Waals surface area contributed by atoms with E-state index in [0.717, 1.165) is 10.7 Å². The topological polar surface area (TPSA) is 55.1 Å². The highest BCUT2D eigenvalue weighted by atomic mass is 19.4. The summed E-state index contributed by atoms with van der Waals surface area (Å²) in [5.41, 5.74) is -0.608. The smallest absolute Gasteiger partial charge is 0.418 e. The van der Waals surface area contributed by atoms with Gasteiger partial charge in [-0.2, -0.15) is 18.3 Å². The van der Waals surface area contributed by atoms with Crippen molar-refractivity contribution in [1.82, 2.24) is 9.78 Å². The molecule has 0 radical (unpaired) electrons. The van der Waals surface area contributed by atoms with Crippen LogP contribution in [0.5, 0.6) is 0 Å². The van der Waals surface area contributed by atoms with Crippen LogP contribution in [0.4, 0.5) is 26.3 Å². The number of aromatic nitrogens is 2. The number of rotatable bonds is 4. The zero-order valence-corrected chi connectivity index (χ0v) is 20.2. The third-order valence-corrected chi connectivity index (χ3v) is 6.09. The number of nitrogens with zero attached hydrogens (tertiary/aromatic N) is 2. The first-order valence-electron chi connectivity index (χ1n) is 11.7. The molecule has 0 amide bonds. The number of carbonyl (C=O) groups is 1. The molecular weight excluding hydrogens is 534 g/mol. The summed E-state index contributed by atoms with van der Waals surface area (Å²) >= 11 is 0. The van der Waals surface area contributed by atoms with Gasteiger partial charge in [0, 0.05) is 39.8 Å². The highest BCUT2D eigenvalue weighted by molar-refractivity contribution is 5.95. The fourth-order valence-electron chi connectivity index (χ4n) is 4.29. The lowest BCUT2D eigenvalue weighted by molar-refractivity contribution is -0.136. The van der Waals surface area contributed by atoms with E-state index in [9.17, 15) is 36.2 Å². The molecule has 0 unspecified atom stereocenters. The van der Waals surface area contributed by atoms with Crippen LogP contribution in [0, 0.1) is 29.3 Å². The summed E-state index contributed by atoms with van der Waals surface area (Å²) < 4.78 is 84.9. The van der Waals surface area contributed by atoms with Gasteiger partial charge in [-0.1, -0.05) is 42.2 Å². The largest absolute Gasteiger partial charge is 0.478 e. The van der Waals surface area contributed by atoms with Crippen LogP contribution in [0.1, 0.15) is 32.6 Å². The minimum absolute atomic E-state index is 0.0525. The summed E-state index contributed by atoms with van der Waals surface area (Å²) in [6.07, 6.45) is -4.75. The van der Waals surface area contributed by atoms with Crippen molar-refractivity contribution < 1.29 is 36.2 Å². The van der Waals surface area contributed by atoms with E-state index in [1.165, 1.54) is 24.3 Å². The van der Waals surface area contributed by atoms with Crippen LogP contribution >= 0.6 is 0 Å². The summed E-state index contributed by atoms with van der Waals surface area (Å²) in [5.74, 6) is 1.08. The van der Waals surface area contributed by atoms with E-state index in [2.05, 4.69) is 16.9 Å². The molecule has 0 saturated heterocycles. The molecule has 0 aliphatic carbocycles. The van der Waals surface area contributed by atoms with Gasteiger partial charge in [-0.25, -0.2) is 18.0 Å². The molecule has 0 fully saturated rings. The van der Waals surface area contributed by atoms with Gasteiger partial charge in [0.2, 0.25) is 0 Å². The van der Waals surface area contributed by atoms with Crippen molar-refractivity contribution in [2.75, 3.05) is 0 Å². The Bertz CT molecular complexity index is 1820. The predicted octanol–water partition coefficient (Wildman–Crippen LogP) is 7.29. The predicted molar refractivity (Wildman–Crippen MR) is 135 cm³/mol. The molecule has 10 heteroatoms. The number of hydrogen-bond donors (Lipinski definition) is 1. The lowest BCUT2D eigenvalue weighted by atomic mass is 10.0. The molecule has 0 atom stereocenters. The highest BCUT2D eigenvalue weighted by Gasteiger charge is 2.34. The van der Waals surface area contributed by atoms with Gasteiger partial charge < -0.3 is 5.11 Å². The van der Waals surface area contributed by atoms with Crippen molar-refractivity contribution in [3.05, 3.63) is 124 Å². The van der Waals surface area contributed by atoms with E-state index >= 15 is 0 Å². The van der Waals surface area contributed by atoms with Gasteiger partial charge in [0.25, 0.3) is 0 Å². The molecule has 4 aromatic carbocycles. The molecule has 1 heterocycles. The summed E-state index contributed by atoms with van der Waals surface area (Å²) in [5, 5.41) is 13.3. The van der Waals surface area contributed by atoms with E-state index in [1.807, 2.05) is 0 Å². The molecule has 1 aromatic heterocycles. The van der Waals surface area contributed by atoms with Gasteiger partial charge in [0.15, 0.2) is 0 Å². The van der Waals surface area contributed by atoms with Crippen LogP contribution in [0.25, 0.3) is 22.2 Å². The van der Waals surface area contributed by atoms with Crippen LogP contribution in [0.2, 0.25) is 0 Å². The zero-order chi connectivity index (χ0) is 28.6. The van der Waals surface area contributed by atoms with E-state index < -0.39 is 52.8 Å². The zero-order valence-electron chi connectivity index (χ0n) is 20.2. The second kappa shape index (κ2) is 10.3. The molecule has 0 aliphatic rings. The highest BCUT2D eigenvalue weighted by Crippen LogP contribution is 2.38. The molecule has 1 N–H and O–H groups in total. The lowest BCUT2D eigenvalue weighted by Gasteiger charge is -2.11. The standard InChI is InChI=1S/C30H16F6N2O2/c31-21-14-25(32)23(26(33)15-21)16-38-28(22-8-3-9-24(27(22)37-38)30(34,35)36)19-6-1-4-17(12-19)10-11-18-5-2-7-20(13-18)29(39)40/h1-9,12-15H,16H2,(H,39,40). The van der Waals surface area contributed by atoms with Crippen molar-refractivity contribution in [3.8, 4) is 23.1 Å². The van der Waals surface area contributed by atoms with Crippen molar-refractivity contribution in [1.29, 1.82) is 0 Å². The van der Waals surface area contributed by atoms with Crippen molar-refractivity contribution in [2.24, 2.45) is 0 Å². The first-order chi connectivity index (χ1) is 19.0. The summed E-state index contributed by atoms with van der Waals surface area (Å²) in [6.45, 7) is -0.614. The van der Waals surface area contributed by atoms with Crippen LogP contribution in [0.3, 0.4) is 0 Å². The SMILES string of the molecule is O=C(O)c1cccc(C#Cc2cccc(-c3c4cccc(C(F)(F)F)c4nn3Cc3c(F)cc(F)cc3F)c2)c1. The summed E-state index contributed by atoms with van der Waals surface area (Å²) in [6, 6.07) is 16.8. The Balaban J connectivity index is 1.66. The Morgan fingerprint density at radius 2 is 1.48 bits per heavy atom. The second-order valence-corrected chi connectivity index (χ2v) is 8.77. The van der Waals surface area contributed by atoms with Crippen LogP contribution in [-0.4, -0.2) is 20.9 Å². The Hall–Kier alpha value is -5.04. The quantitative estimate of drug-likeness (QED) is 0.189. The van der Waals surface area contributed by atoms with Gasteiger partial charge in [-0.05, 0) is 36.4 Å². The molecule has 200 valence electrons. The molecule has 0 saturated carbocycles. The number of benzene rings is 4. The molecule has 0 spiro atoms. The van der Waals surface area contributed by atoms with Crippen LogP contribution in [-0.2, 0) is 12.7 Å². The van der Waals surface area contributed by atoms with Gasteiger partial charge >= 0.3 is 12.1 Å². The molecule has 5 aromatic rings. The Kier molecular flexibility index (Phi) is 6.81. The molecule has 0 aliphatic heterocycles. The number of alkyl halides is 3. The molecule has 0 bridgehead atoms. The molecular formula is C30H16F6N2O2.